The van der Waals surface area contributed by atoms with E-state index in [2.05, 4.69) is 20.4 Å². The van der Waals surface area contributed by atoms with Crippen LogP contribution in [0, 0.1) is 5.82 Å². The number of carbonyl (C=O) groups is 1. The first-order valence-corrected chi connectivity index (χ1v) is 10.3. The number of likely N-dealkylation sites (tertiary alicyclic amines) is 1. The molecule has 0 bridgehead atoms. The molecule has 3 aromatic rings. The van der Waals surface area contributed by atoms with Crippen LogP contribution in [0.15, 0.2) is 53.1 Å². The minimum Gasteiger partial charge on any atom is -0.495 e. The van der Waals surface area contributed by atoms with E-state index in [1.807, 2.05) is 31.2 Å². The lowest BCUT2D eigenvalue weighted by Gasteiger charge is -2.34. The molecule has 7 nitrogen and oxygen atoms in total. The summed E-state index contributed by atoms with van der Waals surface area (Å²) in [4.78, 5) is 19.5. The van der Waals surface area contributed by atoms with Crippen molar-refractivity contribution in [3.63, 3.8) is 0 Å². The van der Waals surface area contributed by atoms with Gasteiger partial charge in [-0.3, -0.25) is 9.69 Å². The Kier molecular flexibility index (Phi) is 6.27. The molecule has 0 spiro atoms. The number of amides is 1. The third kappa shape index (κ3) is 4.74. The van der Waals surface area contributed by atoms with Gasteiger partial charge in [0, 0.05) is 12.1 Å². The predicted molar refractivity (Wildman–Crippen MR) is 114 cm³/mol. The van der Waals surface area contributed by atoms with Crippen molar-refractivity contribution in [1.82, 2.24) is 15.0 Å². The number of ether oxygens (including phenoxy) is 1. The zero-order valence-electron chi connectivity index (χ0n) is 17.5. The van der Waals surface area contributed by atoms with E-state index in [1.165, 1.54) is 12.1 Å². The number of nitrogens with one attached hydrogen (secondary N) is 1. The van der Waals surface area contributed by atoms with Gasteiger partial charge >= 0.3 is 0 Å². The monoisotopic (exact) mass is 424 g/mol. The second-order valence-electron chi connectivity index (χ2n) is 7.66. The Morgan fingerprint density at radius 3 is 2.81 bits per heavy atom. The lowest BCUT2D eigenvalue weighted by atomic mass is 9.96. The first-order valence-electron chi connectivity index (χ1n) is 10.3. The van der Waals surface area contributed by atoms with Crippen molar-refractivity contribution in [2.45, 2.75) is 31.7 Å². The van der Waals surface area contributed by atoms with Crippen LogP contribution in [0.2, 0.25) is 0 Å². The highest BCUT2D eigenvalue weighted by Gasteiger charge is 2.31. The summed E-state index contributed by atoms with van der Waals surface area (Å²) in [6, 6.07) is 13.0. The molecule has 1 N–H and O–H groups in total. The van der Waals surface area contributed by atoms with Crippen molar-refractivity contribution in [2.75, 3.05) is 25.5 Å². The molecule has 0 saturated carbocycles. The molecule has 8 heteroatoms. The van der Waals surface area contributed by atoms with Crippen LogP contribution >= 0.6 is 0 Å². The van der Waals surface area contributed by atoms with Gasteiger partial charge in [0.1, 0.15) is 11.6 Å². The Morgan fingerprint density at radius 1 is 1.26 bits per heavy atom. The van der Waals surface area contributed by atoms with Crippen molar-refractivity contribution in [1.29, 1.82) is 0 Å². The second kappa shape index (κ2) is 9.26. The number of halogens is 1. The molecule has 2 unspecified atom stereocenters. The molecule has 2 atom stereocenters. The second-order valence-corrected chi connectivity index (χ2v) is 7.66. The number of hydrogen-bond acceptors (Lipinski definition) is 6. The van der Waals surface area contributed by atoms with Crippen LogP contribution in [0.3, 0.4) is 0 Å². The fraction of sp³-hybridized carbons (Fsp3) is 0.348. The lowest BCUT2D eigenvalue weighted by molar-refractivity contribution is -0.121. The molecule has 4 rings (SSSR count). The van der Waals surface area contributed by atoms with Crippen LogP contribution in [-0.4, -0.2) is 47.2 Å². The molecule has 2 aromatic carbocycles. The first kappa shape index (κ1) is 21.0. The molecule has 1 aromatic heterocycles. The highest BCUT2D eigenvalue weighted by atomic mass is 19.1. The van der Waals surface area contributed by atoms with E-state index in [4.69, 9.17) is 9.26 Å². The Labute approximate surface area is 180 Å². The van der Waals surface area contributed by atoms with E-state index >= 15 is 0 Å². The minimum atomic E-state index is -0.327. The predicted octanol–water partition coefficient (Wildman–Crippen LogP) is 4.09. The molecule has 1 amide bonds. The standard InChI is InChI=1S/C23H25FN4O3/c1-15(22(29)25-19-7-3-4-8-20(19)30-2)28-13-5-6-17(14-28)23-26-21(27-31-23)16-9-11-18(24)12-10-16/h3-4,7-12,15,17H,5-6,13-14H2,1-2H3,(H,25,29). The highest BCUT2D eigenvalue weighted by molar-refractivity contribution is 5.95. The average molecular weight is 424 g/mol. The average Bonchev–Trinajstić information content (AvgIpc) is 3.30. The van der Waals surface area contributed by atoms with Crippen molar-refractivity contribution in [3.8, 4) is 17.1 Å². The first-order chi connectivity index (χ1) is 15.0. The number of aromatic nitrogens is 2. The number of para-hydroxylation sites is 2. The Hall–Kier alpha value is -3.26. The van der Waals surface area contributed by atoms with Gasteiger partial charge < -0.3 is 14.6 Å². The van der Waals surface area contributed by atoms with Crippen LogP contribution < -0.4 is 10.1 Å². The molecule has 0 radical (unpaired) electrons. The molecule has 31 heavy (non-hydrogen) atoms. The quantitative estimate of drug-likeness (QED) is 0.642. The maximum absolute atomic E-state index is 13.2. The maximum atomic E-state index is 13.2. The third-order valence-corrected chi connectivity index (χ3v) is 5.64. The molecule has 162 valence electrons. The van der Waals surface area contributed by atoms with Crippen LogP contribution in [0.5, 0.6) is 5.75 Å². The zero-order chi connectivity index (χ0) is 21.8. The fourth-order valence-corrected chi connectivity index (χ4v) is 3.83. The fourth-order valence-electron chi connectivity index (χ4n) is 3.83. The molecule has 0 aliphatic carbocycles. The molecule has 2 heterocycles. The summed E-state index contributed by atoms with van der Waals surface area (Å²) in [5, 5.41) is 7.01. The van der Waals surface area contributed by atoms with Gasteiger partial charge in [0.05, 0.1) is 24.8 Å². The molecule has 1 saturated heterocycles. The molecular formula is C23H25FN4O3. The summed E-state index contributed by atoms with van der Waals surface area (Å²) in [7, 11) is 1.58. The number of methoxy groups -OCH3 is 1. The van der Waals surface area contributed by atoms with Crippen LogP contribution in [0.25, 0.3) is 11.4 Å². The van der Waals surface area contributed by atoms with Crippen molar-refractivity contribution in [2.24, 2.45) is 0 Å². The summed E-state index contributed by atoms with van der Waals surface area (Å²) >= 11 is 0. The van der Waals surface area contributed by atoms with Gasteiger partial charge in [-0.05, 0) is 62.7 Å². The van der Waals surface area contributed by atoms with Gasteiger partial charge in [0.15, 0.2) is 0 Å². The van der Waals surface area contributed by atoms with E-state index in [0.717, 1.165) is 19.4 Å². The number of nitrogens with zero attached hydrogens (tertiary/aromatic N) is 3. The van der Waals surface area contributed by atoms with E-state index in [1.54, 1.807) is 19.2 Å². The smallest absolute Gasteiger partial charge is 0.241 e. The highest BCUT2D eigenvalue weighted by Crippen LogP contribution is 2.29. The van der Waals surface area contributed by atoms with E-state index in [0.29, 0.717) is 35.3 Å². The van der Waals surface area contributed by atoms with Gasteiger partial charge in [-0.1, -0.05) is 17.3 Å². The van der Waals surface area contributed by atoms with E-state index < -0.39 is 0 Å². The summed E-state index contributed by atoms with van der Waals surface area (Å²) in [5.74, 6) is 1.24. The maximum Gasteiger partial charge on any atom is 0.241 e. The minimum absolute atomic E-state index is 0.0389. The van der Waals surface area contributed by atoms with Gasteiger partial charge in [0.25, 0.3) is 0 Å². The zero-order valence-corrected chi connectivity index (χ0v) is 17.5. The Bertz CT molecular complexity index is 1040. The molecule has 1 fully saturated rings. The molecule has 1 aliphatic heterocycles. The van der Waals surface area contributed by atoms with Gasteiger partial charge in [-0.25, -0.2) is 4.39 Å². The van der Waals surface area contributed by atoms with Crippen molar-refractivity contribution >= 4 is 11.6 Å². The lowest BCUT2D eigenvalue weighted by Crippen LogP contribution is -2.46. The topological polar surface area (TPSA) is 80.5 Å². The SMILES string of the molecule is COc1ccccc1NC(=O)C(C)N1CCCC(c2nc(-c3ccc(F)cc3)no2)C1. The number of hydrogen-bond donors (Lipinski definition) is 1. The van der Waals surface area contributed by atoms with Gasteiger partial charge in [-0.15, -0.1) is 0 Å². The van der Waals surface area contributed by atoms with Gasteiger partial charge in [-0.2, -0.15) is 4.98 Å². The van der Waals surface area contributed by atoms with Gasteiger partial charge in [0.2, 0.25) is 17.6 Å². The largest absolute Gasteiger partial charge is 0.495 e. The summed E-state index contributed by atoms with van der Waals surface area (Å²) in [5.41, 5.74) is 1.35. The number of piperidine rings is 1. The molecular weight excluding hydrogens is 399 g/mol. The van der Waals surface area contributed by atoms with Crippen molar-refractivity contribution in [3.05, 3.63) is 60.2 Å². The normalized spacial score (nSPS) is 17.8. The van der Waals surface area contributed by atoms with Crippen LogP contribution in [-0.2, 0) is 4.79 Å². The van der Waals surface area contributed by atoms with Crippen molar-refractivity contribution < 1.29 is 18.4 Å². The molecule has 1 aliphatic rings. The number of benzene rings is 2. The summed E-state index contributed by atoms with van der Waals surface area (Å²) in [6.07, 6.45) is 1.83. The third-order valence-electron chi connectivity index (χ3n) is 5.64. The number of carbonyl (C=O) groups excluding carboxylic acids is 1. The Morgan fingerprint density at radius 2 is 2.03 bits per heavy atom. The number of anilines is 1. The Balaban J connectivity index is 1.42. The van der Waals surface area contributed by atoms with Crippen LogP contribution in [0.4, 0.5) is 10.1 Å². The summed E-state index contributed by atoms with van der Waals surface area (Å²) in [6.45, 7) is 3.35. The van der Waals surface area contributed by atoms with Crippen LogP contribution in [0.1, 0.15) is 31.6 Å². The number of rotatable bonds is 6. The summed E-state index contributed by atoms with van der Waals surface area (Å²) < 4.78 is 24.0. The van der Waals surface area contributed by atoms with E-state index in [-0.39, 0.29) is 23.7 Å². The van der Waals surface area contributed by atoms with E-state index in [9.17, 15) is 9.18 Å².